The lowest BCUT2D eigenvalue weighted by Gasteiger charge is -2.28. The first-order valence-electron chi connectivity index (χ1n) is 6.79. The number of hydrogen-bond acceptors (Lipinski definition) is 2. The number of aliphatic carboxylic acids is 1. The number of benzene rings is 1. The molecule has 0 radical (unpaired) electrons. The fourth-order valence-electron chi connectivity index (χ4n) is 2.66. The van der Waals surface area contributed by atoms with Crippen LogP contribution < -0.4 is 5.73 Å². The predicted molar refractivity (Wildman–Crippen MR) is 74.9 cm³/mol. The van der Waals surface area contributed by atoms with Crippen LogP contribution in [0.3, 0.4) is 0 Å². The van der Waals surface area contributed by atoms with Crippen molar-refractivity contribution in [3.05, 3.63) is 29.3 Å². The van der Waals surface area contributed by atoms with Crippen molar-refractivity contribution < 1.29 is 23.1 Å². The third-order valence-electron chi connectivity index (χ3n) is 3.77. The van der Waals surface area contributed by atoms with Crippen molar-refractivity contribution in [3.63, 3.8) is 0 Å². The van der Waals surface area contributed by atoms with Gasteiger partial charge >= 0.3 is 12.1 Å². The minimum atomic E-state index is -4.52. The summed E-state index contributed by atoms with van der Waals surface area (Å²) < 4.78 is 38.5. The molecule has 2 atom stereocenters. The quantitative estimate of drug-likeness (QED) is 0.804. The van der Waals surface area contributed by atoms with E-state index >= 15 is 0 Å². The molecule has 1 aromatic carbocycles. The van der Waals surface area contributed by atoms with E-state index in [1.165, 1.54) is 0 Å². The van der Waals surface area contributed by atoms with Crippen molar-refractivity contribution in [2.45, 2.75) is 39.3 Å². The molecule has 0 aromatic heterocycles. The van der Waals surface area contributed by atoms with Crippen LogP contribution in [0.4, 0.5) is 18.9 Å². The molecule has 0 fully saturated rings. The van der Waals surface area contributed by atoms with Crippen molar-refractivity contribution >= 4 is 11.7 Å². The van der Waals surface area contributed by atoms with E-state index in [2.05, 4.69) is 0 Å². The Labute approximate surface area is 122 Å². The normalized spacial score (nSPS) is 15.0. The summed E-state index contributed by atoms with van der Waals surface area (Å²) in [5.74, 6) is -2.46. The second-order valence-electron chi connectivity index (χ2n) is 5.47. The second kappa shape index (κ2) is 6.37. The van der Waals surface area contributed by atoms with Gasteiger partial charge in [0, 0.05) is 5.69 Å². The first kappa shape index (κ1) is 17.3. The topological polar surface area (TPSA) is 63.3 Å². The van der Waals surface area contributed by atoms with E-state index < -0.39 is 23.6 Å². The molecule has 0 aliphatic heterocycles. The van der Waals surface area contributed by atoms with Crippen molar-refractivity contribution in [1.29, 1.82) is 0 Å². The molecule has 1 aromatic rings. The lowest BCUT2D eigenvalue weighted by atomic mass is 9.77. The van der Waals surface area contributed by atoms with Crippen molar-refractivity contribution in [3.8, 4) is 0 Å². The Morgan fingerprint density at radius 2 is 1.90 bits per heavy atom. The zero-order valence-corrected chi connectivity index (χ0v) is 12.2. The van der Waals surface area contributed by atoms with Crippen molar-refractivity contribution in [1.82, 2.24) is 0 Å². The Hall–Kier alpha value is -1.72. The summed E-state index contributed by atoms with van der Waals surface area (Å²) in [6.45, 7) is 5.53. The van der Waals surface area contributed by atoms with Gasteiger partial charge in [-0.15, -0.1) is 0 Å². The number of halogens is 3. The van der Waals surface area contributed by atoms with E-state index in [1.807, 2.05) is 20.8 Å². The van der Waals surface area contributed by atoms with Gasteiger partial charge in [-0.05, 0) is 35.6 Å². The monoisotopic (exact) mass is 303 g/mol. The summed E-state index contributed by atoms with van der Waals surface area (Å²) in [6.07, 6.45) is -3.98. The minimum absolute atomic E-state index is 0.0186. The first-order valence-corrected chi connectivity index (χ1v) is 6.79. The van der Waals surface area contributed by atoms with Gasteiger partial charge in [0.2, 0.25) is 0 Å². The standard InChI is InChI=1S/C15H20F3NO2/c1-4-10(8(2)3)13(14(20)21)11-7-9(15(16,17)18)5-6-12(11)19/h5-8,10,13H,4,19H2,1-3H3,(H,20,21). The minimum Gasteiger partial charge on any atom is -0.481 e. The highest BCUT2D eigenvalue weighted by Crippen LogP contribution is 2.39. The number of alkyl halides is 3. The highest BCUT2D eigenvalue weighted by molar-refractivity contribution is 5.79. The Bertz CT molecular complexity index is 512. The average molecular weight is 303 g/mol. The maximum Gasteiger partial charge on any atom is 0.416 e. The van der Waals surface area contributed by atoms with Gasteiger partial charge < -0.3 is 10.8 Å². The largest absolute Gasteiger partial charge is 0.481 e. The maximum atomic E-state index is 12.8. The van der Waals surface area contributed by atoms with Crippen molar-refractivity contribution in [2.75, 3.05) is 5.73 Å². The summed E-state index contributed by atoms with van der Waals surface area (Å²) in [5.41, 5.74) is 4.97. The van der Waals surface area contributed by atoms with Gasteiger partial charge in [-0.2, -0.15) is 13.2 Å². The third-order valence-corrected chi connectivity index (χ3v) is 3.77. The molecule has 0 saturated heterocycles. The van der Waals surface area contributed by atoms with E-state index in [1.54, 1.807) is 0 Å². The number of hydrogen-bond donors (Lipinski definition) is 2. The number of nitrogens with two attached hydrogens (primary N) is 1. The number of carboxylic acids is 1. The summed E-state index contributed by atoms with van der Waals surface area (Å²) in [7, 11) is 0. The number of rotatable bonds is 5. The summed E-state index contributed by atoms with van der Waals surface area (Å²) >= 11 is 0. The molecular formula is C15H20F3NO2. The average Bonchev–Trinajstić information content (AvgIpc) is 2.34. The van der Waals surface area contributed by atoms with Crippen LogP contribution in [0.2, 0.25) is 0 Å². The van der Waals surface area contributed by atoms with Crippen LogP contribution in [0.15, 0.2) is 18.2 Å². The van der Waals surface area contributed by atoms with E-state index in [4.69, 9.17) is 5.73 Å². The Balaban J connectivity index is 3.41. The molecule has 3 nitrogen and oxygen atoms in total. The smallest absolute Gasteiger partial charge is 0.416 e. The van der Waals surface area contributed by atoms with Gasteiger partial charge in [-0.1, -0.05) is 27.2 Å². The number of nitrogen functional groups attached to an aromatic ring is 1. The molecule has 0 aliphatic rings. The molecule has 21 heavy (non-hydrogen) atoms. The predicted octanol–water partition coefficient (Wildman–Crippen LogP) is 4.14. The van der Waals surface area contributed by atoms with Crippen LogP contribution in [0.5, 0.6) is 0 Å². The molecule has 2 unspecified atom stereocenters. The van der Waals surface area contributed by atoms with Crippen LogP contribution in [-0.2, 0) is 11.0 Å². The van der Waals surface area contributed by atoms with E-state index in [9.17, 15) is 23.1 Å². The molecule has 6 heteroatoms. The van der Waals surface area contributed by atoms with E-state index in [0.29, 0.717) is 6.42 Å². The Morgan fingerprint density at radius 3 is 2.29 bits per heavy atom. The Kier molecular flexibility index (Phi) is 5.25. The van der Waals surface area contributed by atoms with Crippen LogP contribution in [0, 0.1) is 11.8 Å². The maximum absolute atomic E-state index is 12.8. The number of carbonyl (C=O) groups is 1. The van der Waals surface area contributed by atoms with E-state index in [-0.39, 0.29) is 23.1 Å². The molecule has 0 aliphatic carbocycles. The second-order valence-corrected chi connectivity index (χ2v) is 5.47. The van der Waals surface area contributed by atoms with Gasteiger partial charge in [0.05, 0.1) is 11.5 Å². The highest BCUT2D eigenvalue weighted by atomic mass is 19.4. The van der Waals surface area contributed by atoms with Gasteiger partial charge in [0.25, 0.3) is 0 Å². The van der Waals surface area contributed by atoms with Crippen LogP contribution in [-0.4, -0.2) is 11.1 Å². The molecule has 0 bridgehead atoms. The summed E-state index contributed by atoms with van der Waals surface area (Å²) in [4.78, 5) is 11.6. The lowest BCUT2D eigenvalue weighted by molar-refractivity contribution is -0.141. The molecular weight excluding hydrogens is 283 g/mol. The van der Waals surface area contributed by atoms with Gasteiger partial charge in [-0.3, -0.25) is 4.79 Å². The van der Waals surface area contributed by atoms with Crippen LogP contribution in [0.25, 0.3) is 0 Å². The molecule has 0 spiro atoms. The van der Waals surface area contributed by atoms with Crippen LogP contribution in [0.1, 0.15) is 44.2 Å². The highest BCUT2D eigenvalue weighted by Gasteiger charge is 2.36. The van der Waals surface area contributed by atoms with Crippen LogP contribution >= 0.6 is 0 Å². The molecule has 0 amide bonds. The molecule has 1 rings (SSSR count). The van der Waals surface area contributed by atoms with Gasteiger partial charge in [-0.25, -0.2) is 0 Å². The molecule has 0 heterocycles. The zero-order chi connectivity index (χ0) is 16.4. The fourth-order valence-corrected chi connectivity index (χ4v) is 2.66. The van der Waals surface area contributed by atoms with Gasteiger partial charge in [0.1, 0.15) is 0 Å². The third kappa shape index (κ3) is 3.89. The zero-order valence-electron chi connectivity index (χ0n) is 12.2. The SMILES string of the molecule is CCC(C(C)C)C(C(=O)O)c1cc(C(F)(F)F)ccc1N. The van der Waals surface area contributed by atoms with Gasteiger partial charge in [0.15, 0.2) is 0 Å². The van der Waals surface area contributed by atoms with Crippen molar-refractivity contribution in [2.24, 2.45) is 11.8 Å². The lowest BCUT2D eigenvalue weighted by Crippen LogP contribution is -2.26. The molecule has 118 valence electrons. The summed E-state index contributed by atoms with van der Waals surface area (Å²) in [5, 5.41) is 9.46. The fraction of sp³-hybridized carbons (Fsp3) is 0.533. The summed E-state index contributed by atoms with van der Waals surface area (Å²) in [6, 6.07) is 2.86. The Morgan fingerprint density at radius 1 is 1.33 bits per heavy atom. The molecule has 3 N–H and O–H groups in total. The number of anilines is 1. The number of carboxylic acid groups (broad SMARTS) is 1. The molecule has 0 saturated carbocycles. The van der Waals surface area contributed by atoms with E-state index in [0.717, 1.165) is 18.2 Å². The first-order chi connectivity index (χ1) is 9.59.